The van der Waals surface area contributed by atoms with E-state index >= 15 is 0 Å². The van der Waals surface area contributed by atoms with Crippen LogP contribution in [0.1, 0.15) is 15.9 Å². The normalized spacial score (nSPS) is 9.00. The van der Waals surface area contributed by atoms with Crippen molar-refractivity contribution in [2.75, 3.05) is 5.33 Å². The molecule has 0 N–H and O–H groups in total. The summed E-state index contributed by atoms with van der Waals surface area (Å²) in [5, 5.41) is 7.00. The fourth-order valence-electron chi connectivity index (χ4n) is 1.23. The standard InChI is InChI=1S/C9H7BrN6O/c10-4-9(17)7-1-6(5-13-15-11)2-8(3-7)14-16-12/h1-3H,4-5H2. The molecule has 1 aromatic carbocycles. The van der Waals surface area contributed by atoms with Gasteiger partial charge in [0.1, 0.15) is 0 Å². The fourth-order valence-corrected chi connectivity index (χ4v) is 1.55. The van der Waals surface area contributed by atoms with Crippen LogP contribution >= 0.6 is 15.9 Å². The van der Waals surface area contributed by atoms with Crippen LogP contribution < -0.4 is 0 Å². The molecule has 0 aromatic heterocycles. The van der Waals surface area contributed by atoms with E-state index in [2.05, 4.69) is 36.0 Å². The summed E-state index contributed by atoms with van der Waals surface area (Å²) < 4.78 is 0. The zero-order valence-electron chi connectivity index (χ0n) is 8.62. The van der Waals surface area contributed by atoms with Crippen molar-refractivity contribution in [2.24, 2.45) is 10.2 Å². The summed E-state index contributed by atoms with van der Waals surface area (Å²) >= 11 is 3.06. The molecule has 0 fully saturated rings. The number of halogens is 1. The molecule has 8 heteroatoms. The zero-order chi connectivity index (χ0) is 12.7. The minimum Gasteiger partial charge on any atom is -0.293 e. The van der Waals surface area contributed by atoms with Gasteiger partial charge in [-0.05, 0) is 34.8 Å². The van der Waals surface area contributed by atoms with E-state index in [1.54, 1.807) is 12.1 Å². The van der Waals surface area contributed by atoms with Crippen LogP contribution in [-0.2, 0) is 6.54 Å². The van der Waals surface area contributed by atoms with Gasteiger partial charge in [-0.25, -0.2) is 0 Å². The third-order valence-corrected chi connectivity index (χ3v) is 2.41. The molecule has 17 heavy (non-hydrogen) atoms. The average molecular weight is 295 g/mol. The van der Waals surface area contributed by atoms with Crippen LogP contribution in [0.2, 0.25) is 0 Å². The molecule has 0 radical (unpaired) electrons. The van der Waals surface area contributed by atoms with Crippen LogP contribution in [0.5, 0.6) is 0 Å². The summed E-state index contributed by atoms with van der Waals surface area (Å²) in [6, 6.07) is 4.66. The lowest BCUT2D eigenvalue weighted by Crippen LogP contribution is -2.00. The molecule has 0 saturated heterocycles. The first-order chi connectivity index (χ1) is 8.21. The topological polar surface area (TPSA) is 115 Å². The van der Waals surface area contributed by atoms with Crippen molar-refractivity contribution in [3.63, 3.8) is 0 Å². The highest BCUT2D eigenvalue weighted by Gasteiger charge is 2.06. The zero-order valence-corrected chi connectivity index (χ0v) is 10.2. The number of carbonyl (C=O) groups excluding carboxylic acids is 1. The lowest BCUT2D eigenvalue weighted by Gasteiger charge is -2.03. The Morgan fingerprint density at radius 1 is 1.29 bits per heavy atom. The van der Waals surface area contributed by atoms with Crippen molar-refractivity contribution < 1.29 is 4.79 Å². The molecule has 1 rings (SSSR count). The molecular formula is C9H7BrN6O. The summed E-state index contributed by atoms with van der Waals surface area (Å²) in [7, 11) is 0. The Hall–Kier alpha value is -2.01. The molecule has 1 aromatic rings. The monoisotopic (exact) mass is 294 g/mol. The second-order valence-electron chi connectivity index (χ2n) is 3.02. The summed E-state index contributed by atoms with van der Waals surface area (Å²) in [4.78, 5) is 16.8. The second kappa shape index (κ2) is 6.55. The van der Waals surface area contributed by atoms with Gasteiger partial charge in [0.15, 0.2) is 5.78 Å². The molecule has 0 heterocycles. The number of rotatable bonds is 5. The van der Waals surface area contributed by atoms with Gasteiger partial charge in [0, 0.05) is 21.1 Å². The molecule has 0 unspecified atom stereocenters. The number of ketones is 1. The Bertz CT molecular complexity index is 530. The van der Waals surface area contributed by atoms with E-state index in [1.165, 1.54) is 6.07 Å². The van der Waals surface area contributed by atoms with Crippen molar-refractivity contribution in [2.45, 2.75) is 6.54 Å². The van der Waals surface area contributed by atoms with E-state index < -0.39 is 0 Å². The number of alkyl halides is 1. The maximum absolute atomic E-state index is 11.5. The summed E-state index contributed by atoms with van der Waals surface area (Å²) in [6.45, 7) is 0.105. The highest BCUT2D eigenvalue weighted by atomic mass is 79.9. The van der Waals surface area contributed by atoms with Gasteiger partial charge in [-0.15, -0.1) is 0 Å². The molecule has 0 aliphatic rings. The highest BCUT2D eigenvalue weighted by Crippen LogP contribution is 2.20. The second-order valence-corrected chi connectivity index (χ2v) is 3.58. The Morgan fingerprint density at radius 3 is 2.65 bits per heavy atom. The van der Waals surface area contributed by atoms with Crippen LogP contribution in [0.15, 0.2) is 28.4 Å². The van der Waals surface area contributed by atoms with Crippen LogP contribution in [0, 0.1) is 0 Å². The Labute approximate surface area is 105 Å². The van der Waals surface area contributed by atoms with E-state index in [9.17, 15) is 4.79 Å². The molecule has 0 saturated carbocycles. The van der Waals surface area contributed by atoms with Crippen LogP contribution in [0.3, 0.4) is 0 Å². The van der Waals surface area contributed by atoms with Gasteiger partial charge in [-0.3, -0.25) is 4.79 Å². The number of carbonyl (C=O) groups is 1. The largest absolute Gasteiger partial charge is 0.293 e. The van der Waals surface area contributed by atoms with Crippen molar-refractivity contribution >= 4 is 27.4 Å². The molecule has 0 bridgehead atoms. The summed E-state index contributed by atoms with van der Waals surface area (Å²) in [5.74, 6) is -0.137. The molecular weight excluding hydrogens is 288 g/mol. The van der Waals surface area contributed by atoms with Crippen LogP contribution in [-0.4, -0.2) is 11.1 Å². The quantitative estimate of drug-likeness (QED) is 0.263. The third kappa shape index (κ3) is 3.81. The van der Waals surface area contributed by atoms with Crippen LogP contribution in [0.25, 0.3) is 20.9 Å². The maximum atomic E-state index is 11.5. The van der Waals surface area contributed by atoms with Gasteiger partial charge in [-0.1, -0.05) is 26.2 Å². The number of nitrogens with zero attached hydrogens (tertiary/aromatic N) is 6. The lowest BCUT2D eigenvalue weighted by atomic mass is 10.1. The molecule has 7 nitrogen and oxygen atoms in total. The molecule has 0 atom stereocenters. The molecule has 0 aliphatic carbocycles. The smallest absolute Gasteiger partial charge is 0.173 e. The number of Topliss-reactive ketones (excluding diaryl/α,β-unsaturated/α-hetero) is 1. The number of azide groups is 2. The molecule has 0 spiro atoms. The summed E-state index contributed by atoms with van der Waals surface area (Å²) in [5.41, 5.74) is 17.9. The number of benzene rings is 1. The van der Waals surface area contributed by atoms with Crippen molar-refractivity contribution in [1.82, 2.24) is 0 Å². The Morgan fingerprint density at radius 2 is 2.06 bits per heavy atom. The average Bonchev–Trinajstić information content (AvgIpc) is 2.35. The van der Waals surface area contributed by atoms with Gasteiger partial charge in [0.25, 0.3) is 0 Å². The molecule has 86 valence electrons. The van der Waals surface area contributed by atoms with Gasteiger partial charge in [0.2, 0.25) is 0 Å². The number of hydrogen-bond acceptors (Lipinski definition) is 3. The van der Waals surface area contributed by atoms with E-state index in [-0.39, 0.29) is 17.7 Å². The maximum Gasteiger partial charge on any atom is 0.173 e. The van der Waals surface area contributed by atoms with Gasteiger partial charge in [0.05, 0.1) is 11.9 Å². The first kappa shape index (κ1) is 13.1. The first-order valence-corrected chi connectivity index (χ1v) is 5.62. The third-order valence-electron chi connectivity index (χ3n) is 1.90. The predicted molar refractivity (Wildman–Crippen MR) is 66.2 cm³/mol. The van der Waals surface area contributed by atoms with E-state index in [0.29, 0.717) is 16.8 Å². The van der Waals surface area contributed by atoms with E-state index in [1.807, 2.05) is 0 Å². The van der Waals surface area contributed by atoms with Crippen LogP contribution in [0.4, 0.5) is 5.69 Å². The van der Waals surface area contributed by atoms with E-state index in [0.717, 1.165) is 0 Å². The molecule has 0 amide bonds. The summed E-state index contributed by atoms with van der Waals surface area (Å²) in [6.07, 6.45) is 0. The highest BCUT2D eigenvalue weighted by molar-refractivity contribution is 9.09. The van der Waals surface area contributed by atoms with E-state index in [4.69, 9.17) is 11.1 Å². The number of hydrogen-bond donors (Lipinski definition) is 0. The fraction of sp³-hybridized carbons (Fsp3) is 0.222. The lowest BCUT2D eigenvalue weighted by molar-refractivity contribution is 0.102. The minimum atomic E-state index is -0.137. The predicted octanol–water partition coefficient (Wildman–Crippen LogP) is 4.02. The van der Waals surface area contributed by atoms with Crippen molar-refractivity contribution in [3.05, 3.63) is 50.2 Å². The van der Waals surface area contributed by atoms with Gasteiger partial charge < -0.3 is 0 Å². The SMILES string of the molecule is [N-]=[N+]=NCc1cc(N=[N+]=[N-])cc(C(=O)CBr)c1. The van der Waals surface area contributed by atoms with Crippen molar-refractivity contribution in [1.29, 1.82) is 0 Å². The first-order valence-electron chi connectivity index (χ1n) is 4.50. The van der Waals surface area contributed by atoms with Gasteiger partial charge >= 0.3 is 0 Å². The van der Waals surface area contributed by atoms with Gasteiger partial charge in [-0.2, -0.15) is 0 Å². The minimum absolute atomic E-state index is 0.105. The Balaban J connectivity index is 3.21. The van der Waals surface area contributed by atoms with Crippen molar-refractivity contribution in [3.8, 4) is 0 Å². The molecule has 0 aliphatic heterocycles. The Kier molecular flexibility index (Phi) is 5.03.